The number of carboxylic acids is 1. The quantitative estimate of drug-likeness (QED) is 0.540. The first-order chi connectivity index (χ1) is 4.61. The van der Waals surface area contributed by atoms with Gasteiger partial charge in [-0.15, -0.1) is 0 Å². The zero-order valence-corrected chi connectivity index (χ0v) is 4.76. The fraction of sp³-hybridized carbons (Fsp3) is 0. The Morgan fingerprint density at radius 2 is 2.30 bits per heavy atom. The van der Waals surface area contributed by atoms with Crippen molar-refractivity contribution < 1.29 is 19.4 Å². The third kappa shape index (κ3) is 0.928. The molecule has 54 valence electrons. The summed E-state index contributed by atoms with van der Waals surface area (Å²) in [7, 11) is 0. The van der Waals surface area contributed by atoms with Gasteiger partial charge in [-0.05, 0) is 0 Å². The molecule has 1 aromatic rings. The molecule has 0 atom stereocenters. The largest absolute Gasteiger partial charge is 0.493 e. The number of hydrogen-bond acceptors (Lipinski definition) is 2. The zero-order valence-electron chi connectivity index (χ0n) is 4.76. The average molecular weight is 145 g/mol. The van der Waals surface area contributed by atoms with Crippen LogP contribution in [0.3, 0.4) is 0 Å². The third-order valence-corrected chi connectivity index (χ3v) is 0.981. The molecule has 0 saturated carbocycles. The second-order valence-corrected chi connectivity index (χ2v) is 1.68. The van der Waals surface area contributed by atoms with Crippen molar-refractivity contribution in [1.82, 2.24) is 4.98 Å². The lowest BCUT2D eigenvalue weighted by Crippen LogP contribution is -1.94. The van der Waals surface area contributed by atoms with Crippen LogP contribution in [0.2, 0.25) is 0 Å². The van der Waals surface area contributed by atoms with E-state index < -0.39 is 17.7 Å². The van der Waals surface area contributed by atoms with E-state index in [0.29, 0.717) is 6.07 Å². The van der Waals surface area contributed by atoms with E-state index in [1.807, 2.05) is 4.98 Å². The highest BCUT2D eigenvalue weighted by Crippen LogP contribution is 2.13. The topological polar surface area (TPSA) is 73.3 Å². The zero-order chi connectivity index (χ0) is 7.72. The van der Waals surface area contributed by atoms with Gasteiger partial charge in [0.15, 0.2) is 5.82 Å². The monoisotopic (exact) mass is 145 g/mol. The van der Waals surface area contributed by atoms with Crippen molar-refractivity contribution in [3.8, 4) is 5.88 Å². The Morgan fingerprint density at radius 3 is 2.50 bits per heavy atom. The molecule has 4 nitrogen and oxygen atoms in total. The molecular formula is C5H4FNO3. The number of rotatable bonds is 1. The van der Waals surface area contributed by atoms with E-state index in [4.69, 9.17) is 10.2 Å². The van der Waals surface area contributed by atoms with Gasteiger partial charge in [0.1, 0.15) is 5.69 Å². The molecule has 1 rings (SSSR count). The Labute approximate surface area is 54.9 Å². The van der Waals surface area contributed by atoms with E-state index in [2.05, 4.69) is 0 Å². The van der Waals surface area contributed by atoms with Gasteiger partial charge in [-0.2, -0.15) is 0 Å². The highest BCUT2D eigenvalue weighted by Gasteiger charge is 2.10. The molecule has 3 N–H and O–H groups in total. The summed E-state index contributed by atoms with van der Waals surface area (Å²) in [6.07, 6.45) is 0. The number of carbonyl (C=O) groups is 1. The Bertz CT molecular complexity index is 248. The van der Waals surface area contributed by atoms with Crippen molar-refractivity contribution in [2.24, 2.45) is 0 Å². The van der Waals surface area contributed by atoms with E-state index >= 15 is 0 Å². The molecular weight excluding hydrogens is 141 g/mol. The molecule has 0 unspecified atom stereocenters. The van der Waals surface area contributed by atoms with E-state index in [1.165, 1.54) is 0 Å². The molecule has 1 heterocycles. The number of carboxylic acid groups (broad SMARTS) is 1. The normalized spacial score (nSPS) is 9.70. The molecule has 0 aromatic carbocycles. The van der Waals surface area contributed by atoms with Gasteiger partial charge in [-0.25, -0.2) is 9.18 Å². The van der Waals surface area contributed by atoms with Gasteiger partial charge in [-0.3, -0.25) is 0 Å². The minimum Gasteiger partial charge on any atom is -0.493 e. The minimum absolute atomic E-state index is 0.366. The minimum atomic E-state index is -1.31. The predicted octanol–water partition coefficient (Wildman–Crippen LogP) is 0.558. The summed E-state index contributed by atoms with van der Waals surface area (Å²) in [4.78, 5) is 12.0. The fourth-order valence-electron chi connectivity index (χ4n) is 0.534. The molecule has 0 aliphatic carbocycles. The average Bonchev–Trinajstić information content (AvgIpc) is 2.13. The first-order valence-electron chi connectivity index (χ1n) is 2.42. The third-order valence-electron chi connectivity index (χ3n) is 0.981. The highest BCUT2D eigenvalue weighted by molar-refractivity contribution is 5.85. The number of halogens is 1. The van der Waals surface area contributed by atoms with Crippen LogP contribution in [0.15, 0.2) is 6.07 Å². The second kappa shape index (κ2) is 2.02. The smallest absolute Gasteiger partial charge is 0.352 e. The number of hydrogen-bond donors (Lipinski definition) is 3. The van der Waals surface area contributed by atoms with Crippen LogP contribution in [0.25, 0.3) is 0 Å². The summed E-state index contributed by atoms with van der Waals surface area (Å²) in [6, 6.07) is 0.706. The highest BCUT2D eigenvalue weighted by atomic mass is 19.1. The SMILES string of the molecule is O=C(O)c1cc(F)c(O)[nH]1. The summed E-state index contributed by atoms with van der Waals surface area (Å²) < 4.78 is 12.2. The molecule has 5 heteroatoms. The van der Waals surface area contributed by atoms with Crippen molar-refractivity contribution in [2.45, 2.75) is 0 Å². The molecule has 0 aliphatic heterocycles. The molecule has 0 bridgehead atoms. The first-order valence-corrected chi connectivity index (χ1v) is 2.42. The van der Waals surface area contributed by atoms with E-state index in [1.54, 1.807) is 0 Å². The predicted molar refractivity (Wildman–Crippen MR) is 29.4 cm³/mol. The molecule has 10 heavy (non-hydrogen) atoms. The maximum absolute atomic E-state index is 12.2. The van der Waals surface area contributed by atoms with Crippen LogP contribution < -0.4 is 0 Å². The number of aromatic amines is 1. The van der Waals surface area contributed by atoms with Gasteiger partial charge in [0.25, 0.3) is 0 Å². The van der Waals surface area contributed by atoms with E-state index in [9.17, 15) is 9.18 Å². The summed E-state index contributed by atoms with van der Waals surface area (Å²) in [5.41, 5.74) is -0.366. The van der Waals surface area contributed by atoms with Crippen molar-refractivity contribution >= 4 is 5.97 Å². The lowest BCUT2D eigenvalue weighted by atomic mass is 10.4. The lowest BCUT2D eigenvalue weighted by molar-refractivity contribution is 0.0690. The number of H-pyrrole nitrogens is 1. The molecule has 1 aromatic heterocycles. The molecule has 0 amide bonds. The summed E-state index contributed by atoms with van der Waals surface area (Å²) in [5.74, 6) is -3.02. The summed E-state index contributed by atoms with van der Waals surface area (Å²) >= 11 is 0. The molecule has 0 radical (unpaired) electrons. The Balaban J connectivity index is 3.10. The van der Waals surface area contributed by atoms with Gasteiger partial charge in [0.05, 0.1) is 0 Å². The van der Waals surface area contributed by atoms with Crippen LogP contribution in [0.4, 0.5) is 4.39 Å². The van der Waals surface area contributed by atoms with Crippen LogP contribution in [0, 0.1) is 5.82 Å². The van der Waals surface area contributed by atoms with Gasteiger partial charge in [-0.1, -0.05) is 0 Å². The molecule has 0 saturated heterocycles. The van der Waals surface area contributed by atoms with Gasteiger partial charge in [0, 0.05) is 6.07 Å². The molecule has 0 fully saturated rings. The van der Waals surface area contributed by atoms with Crippen LogP contribution in [0.1, 0.15) is 10.5 Å². The van der Waals surface area contributed by atoms with Crippen LogP contribution >= 0.6 is 0 Å². The van der Waals surface area contributed by atoms with Crippen molar-refractivity contribution in [1.29, 1.82) is 0 Å². The fourth-order valence-corrected chi connectivity index (χ4v) is 0.534. The van der Waals surface area contributed by atoms with Crippen molar-refractivity contribution in [3.05, 3.63) is 17.6 Å². The second-order valence-electron chi connectivity index (χ2n) is 1.68. The first kappa shape index (κ1) is 6.60. The standard InChI is InChI=1S/C5H4FNO3/c6-2-1-3(5(9)10)7-4(2)8/h1,7-8H,(H,9,10). The lowest BCUT2D eigenvalue weighted by Gasteiger charge is -1.82. The van der Waals surface area contributed by atoms with Crippen LogP contribution in [-0.2, 0) is 0 Å². The van der Waals surface area contributed by atoms with E-state index in [0.717, 1.165) is 0 Å². The number of aromatic hydroxyl groups is 1. The molecule has 0 aliphatic rings. The van der Waals surface area contributed by atoms with Crippen molar-refractivity contribution in [2.75, 3.05) is 0 Å². The van der Waals surface area contributed by atoms with E-state index in [-0.39, 0.29) is 5.69 Å². The number of aromatic carboxylic acids is 1. The number of aromatic nitrogens is 1. The number of nitrogens with one attached hydrogen (secondary N) is 1. The maximum Gasteiger partial charge on any atom is 0.352 e. The van der Waals surface area contributed by atoms with Crippen molar-refractivity contribution in [3.63, 3.8) is 0 Å². The van der Waals surface area contributed by atoms with Gasteiger partial charge in [0.2, 0.25) is 5.88 Å². The Hall–Kier alpha value is -1.52. The summed E-state index contributed by atoms with van der Waals surface area (Å²) in [6.45, 7) is 0. The van der Waals surface area contributed by atoms with Crippen LogP contribution in [-0.4, -0.2) is 21.2 Å². The summed E-state index contributed by atoms with van der Waals surface area (Å²) in [5, 5.41) is 16.7. The van der Waals surface area contributed by atoms with Gasteiger partial charge >= 0.3 is 5.97 Å². The maximum atomic E-state index is 12.2. The Morgan fingerprint density at radius 1 is 1.70 bits per heavy atom. The molecule has 0 spiro atoms. The van der Waals surface area contributed by atoms with Gasteiger partial charge < -0.3 is 15.2 Å². The van der Waals surface area contributed by atoms with Crippen LogP contribution in [0.5, 0.6) is 5.88 Å². The Kier molecular flexibility index (Phi) is 1.33.